The normalized spacial score (nSPS) is 25.4. The van der Waals surface area contributed by atoms with Crippen molar-refractivity contribution in [2.75, 3.05) is 7.11 Å². The minimum atomic E-state index is -0.517. The molecule has 1 fully saturated rings. The molecular weight excluding hydrogens is 252 g/mol. The summed E-state index contributed by atoms with van der Waals surface area (Å²) in [6, 6.07) is 5.87. The largest absolute Gasteiger partial charge is 0.496 e. The summed E-state index contributed by atoms with van der Waals surface area (Å²) in [6.07, 6.45) is 0.336. The van der Waals surface area contributed by atoms with E-state index in [1.807, 2.05) is 25.1 Å². The number of aliphatic hydroxyl groups excluding tert-OH is 1. The third-order valence-corrected chi connectivity index (χ3v) is 4.29. The Morgan fingerprint density at radius 2 is 1.95 bits per heavy atom. The summed E-state index contributed by atoms with van der Waals surface area (Å²) in [5.41, 5.74) is 1.47. The second-order valence-electron chi connectivity index (χ2n) is 6.95. The molecule has 3 nitrogen and oxygen atoms in total. The highest BCUT2D eigenvalue weighted by Gasteiger charge is 2.49. The van der Waals surface area contributed by atoms with Gasteiger partial charge in [0.25, 0.3) is 0 Å². The lowest BCUT2D eigenvalue weighted by Gasteiger charge is -2.30. The van der Waals surface area contributed by atoms with E-state index in [9.17, 15) is 5.11 Å². The van der Waals surface area contributed by atoms with Gasteiger partial charge < -0.3 is 14.6 Å². The number of rotatable bonds is 3. The molecule has 20 heavy (non-hydrogen) atoms. The van der Waals surface area contributed by atoms with Crippen LogP contribution in [0.25, 0.3) is 0 Å². The van der Waals surface area contributed by atoms with Gasteiger partial charge in [0, 0.05) is 5.92 Å². The van der Waals surface area contributed by atoms with Gasteiger partial charge in [-0.1, -0.05) is 6.07 Å². The Morgan fingerprint density at radius 3 is 2.40 bits per heavy atom. The number of hydrogen-bond donors (Lipinski definition) is 1. The quantitative estimate of drug-likeness (QED) is 0.917. The van der Waals surface area contributed by atoms with E-state index >= 15 is 0 Å². The highest BCUT2D eigenvalue weighted by atomic mass is 16.5. The average molecular weight is 278 g/mol. The molecular formula is C17H26O3. The SMILES string of the molecule is COc1ccc(C(O)C2CC(C)(C)OC2(C)C)cc1C. The molecule has 112 valence electrons. The molecule has 0 bridgehead atoms. The first-order valence-electron chi connectivity index (χ1n) is 7.19. The smallest absolute Gasteiger partial charge is 0.121 e. The monoisotopic (exact) mass is 278 g/mol. The van der Waals surface area contributed by atoms with E-state index in [2.05, 4.69) is 27.7 Å². The molecule has 2 atom stereocenters. The molecule has 0 amide bonds. The van der Waals surface area contributed by atoms with Crippen molar-refractivity contribution < 1.29 is 14.6 Å². The molecule has 1 aromatic carbocycles. The number of hydrogen-bond acceptors (Lipinski definition) is 3. The molecule has 0 saturated carbocycles. The van der Waals surface area contributed by atoms with Crippen LogP contribution in [0.3, 0.4) is 0 Å². The van der Waals surface area contributed by atoms with E-state index in [1.165, 1.54) is 0 Å². The number of aryl methyl sites for hydroxylation is 1. The van der Waals surface area contributed by atoms with Gasteiger partial charge in [0.05, 0.1) is 24.4 Å². The van der Waals surface area contributed by atoms with Gasteiger partial charge in [-0.15, -0.1) is 0 Å². The predicted octanol–water partition coefficient (Wildman–Crippen LogP) is 3.63. The van der Waals surface area contributed by atoms with Crippen molar-refractivity contribution in [1.82, 2.24) is 0 Å². The predicted molar refractivity (Wildman–Crippen MR) is 80.0 cm³/mol. The summed E-state index contributed by atoms with van der Waals surface area (Å²) in [5.74, 6) is 0.938. The minimum Gasteiger partial charge on any atom is -0.496 e. The van der Waals surface area contributed by atoms with Crippen LogP contribution in [0.5, 0.6) is 5.75 Å². The molecule has 0 radical (unpaired) electrons. The fraction of sp³-hybridized carbons (Fsp3) is 0.647. The summed E-state index contributed by atoms with van der Waals surface area (Å²) in [7, 11) is 1.66. The zero-order chi connectivity index (χ0) is 15.1. The van der Waals surface area contributed by atoms with Gasteiger partial charge in [-0.05, 0) is 64.3 Å². The molecule has 2 rings (SSSR count). The van der Waals surface area contributed by atoms with E-state index in [1.54, 1.807) is 7.11 Å². The molecule has 0 aromatic heterocycles. The van der Waals surface area contributed by atoms with Gasteiger partial charge in [-0.3, -0.25) is 0 Å². The zero-order valence-electron chi connectivity index (χ0n) is 13.4. The van der Waals surface area contributed by atoms with Gasteiger partial charge in [0.15, 0.2) is 0 Å². The van der Waals surface area contributed by atoms with Crippen LogP contribution in [0.4, 0.5) is 0 Å². The van der Waals surface area contributed by atoms with Crippen molar-refractivity contribution >= 4 is 0 Å². The summed E-state index contributed by atoms with van der Waals surface area (Å²) in [6.45, 7) is 10.3. The number of ether oxygens (including phenoxy) is 2. The van der Waals surface area contributed by atoms with E-state index in [-0.39, 0.29) is 17.1 Å². The lowest BCUT2D eigenvalue weighted by Crippen LogP contribution is -2.32. The van der Waals surface area contributed by atoms with Crippen molar-refractivity contribution in [2.45, 2.75) is 58.3 Å². The van der Waals surface area contributed by atoms with Crippen LogP contribution in [-0.2, 0) is 4.74 Å². The van der Waals surface area contributed by atoms with Crippen LogP contribution in [0.1, 0.15) is 51.3 Å². The van der Waals surface area contributed by atoms with Crippen molar-refractivity contribution in [1.29, 1.82) is 0 Å². The number of methoxy groups -OCH3 is 1. The second-order valence-corrected chi connectivity index (χ2v) is 6.95. The molecule has 1 saturated heterocycles. The topological polar surface area (TPSA) is 38.7 Å². The fourth-order valence-electron chi connectivity index (χ4n) is 3.41. The van der Waals surface area contributed by atoms with Gasteiger partial charge in [0.2, 0.25) is 0 Å². The fourth-order valence-corrected chi connectivity index (χ4v) is 3.41. The Kier molecular flexibility index (Phi) is 3.87. The summed E-state index contributed by atoms with van der Waals surface area (Å²) in [4.78, 5) is 0. The standard InChI is InChI=1S/C17H26O3/c1-11-9-12(7-8-14(11)19-6)15(18)13-10-16(2,3)20-17(13,4)5/h7-9,13,15,18H,10H2,1-6H3. The van der Waals surface area contributed by atoms with Crippen LogP contribution < -0.4 is 4.74 Å². The van der Waals surface area contributed by atoms with Gasteiger partial charge in [-0.25, -0.2) is 0 Å². The lowest BCUT2D eigenvalue weighted by molar-refractivity contribution is -0.0880. The van der Waals surface area contributed by atoms with Crippen LogP contribution in [-0.4, -0.2) is 23.4 Å². The van der Waals surface area contributed by atoms with Crippen molar-refractivity contribution in [3.05, 3.63) is 29.3 Å². The molecule has 2 unspecified atom stereocenters. The van der Waals surface area contributed by atoms with Gasteiger partial charge in [-0.2, -0.15) is 0 Å². The van der Waals surface area contributed by atoms with Crippen LogP contribution >= 0.6 is 0 Å². The maximum absolute atomic E-state index is 10.8. The maximum atomic E-state index is 10.8. The van der Waals surface area contributed by atoms with Crippen LogP contribution in [0.15, 0.2) is 18.2 Å². The molecule has 0 spiro atoms. The third-order valence-electron chi connectivity index (χ3n) is 4.29. The van der Waals surface area contributed by atoms with E-state index < -0.39 is 6.10 Å². The maximum Gasteiger partial charge on any atom is 0.121 e. The minimum absolute atomic E-state index is 0.0882. The van der Waals surface area contributed by atoms with Crippen LogP contribution in [0.2, 0.25) is 0 Å². The van der Waals surface area contributed by atoms with Crippen molar-refractivity contribution in [3.63, 3.8) is 0 Å². The van der Waals surface area contributed by atoms with E-state index in [0.29, 0.717) is 0 Å². The van der Waals surface area contributed by atoms with Gasteiger partial charge >= 0.3 is 0 Å². The second kappa shape index (κ2) is 5.05. The Balaban J connectivity index is 2.27. The first-order chi connectivity index (χ1) is 9.16. The Labute approximate surface area is 121 Å². The Morgan fingerprint density at radius 1 is 1.30 bits per heavy atom. The Bertz CT molecular complexity index is 491. The average Bonchev–Trinajstić information content (AvgIpc) is 2.56. The summed E-state index contributed by atoms with van der Waals surface area (Å²) >= 11 is 0. The van der Waals surface area contributed by atoms with E-state index in [0.717, 1.165) is 23.3 Å². The molecule has 1 heterocycles. The van der Waals surface area contributed by atoms with Crippen LogP contribution in [0, 0.1) is 12.8 Å². The van der Waals surface area contributed by atoms with Crippen molar-refractivity contribution in [2.24, 2.45) is 5.92 Å². The molecule has 3 heteroatoms. The molecule has 1 aliphatic rings. The molecule has 1 aliphatic heterocycles. The molecule has 1 aromatic rings. The highest BCUT2D eigenvalue weighted by molar-refractivity contribution is 5.37. The van der Waals surface area contributed by atoms with Crippen molar-refractivity contribution in [3.8, 4) is 5.75 Å². The molecule has 0 aliphatic carbocycles. The summed E-state index contributed by atoms with van der Waals surface area (Å²) < 4.78 is 11.4. The van der Waals surface area contributed by atoms with Gasteiger partial charge in [0.1, 0.15) is 5.75 Å². The summed E-state index contributed by atoms with van der Waals surface area (Å²) in [5, 5.41) is 10.8. The zero-order valence-corrected chi connectivity index (χ0v) is 13.4. The van der Waals surface area contributed by atoms with E-state index in [4.69, 9.17) is 9.47 Å². The third kappa shape index (κ3) is 2.84. The number of aliphatic hydroxyl groups is 1. The molecule has 1 N–H and O–H groups in total. The number of benzene rings is 1. The first kappa shape index (κ1) is 15.3. The Hall–Kier alpha value is -1.06. The first-order valence-corrected chi connectivity index (χ1v) is 7.19. The highest BCUT2D eigenvalue weighted by Crippen LogP contribution is 2.47. The lowest BCUT2D eigenvalue weighted by atomic mass is 9.80.